The van der Waals surface area contributed by atoms with E-state index in [0.29, 0.717) is 10.7 Å². The first-order valence-electron chi connectivity index (χ1n) is 6.02. The van der Waals surface area contributed by atoms with Crippen LogP contribution in [0.4, 0.5) is 5.69 Å². The van der Waals surface area contributed by atoms with Crippen LogP contribution in [0, 0.1) is 0 Å². The summed E-state index contributed by atoms with van der Waals surface area (Å²) in [5, 5.41) is 0.900. The molecule has 6 nitrogen and oxygen atoms in total. The number of hydrazine groups is 1. The molecule has 1 aliphatic heterocycles. The molecule has 22 heavy (non-hydrogen) atoms. The monoisotopic (exact) mass is 364 g/mol. The lowest BCUT2D eigenvalue weighted by Crippen LogP contribution is -2.42. The number of rotatable bonds is 3. The number of cyclic esters (lactones) is 2. The minimum atomic E-state index is -1.29. The lowest BCUT2D eigenvalue weighted by Gasteiger charge is -2.29. The number of benzene rings is 1. The Morgan fingerprint density at radius 3 is 2.05 bits per heavy atom. The van der Waals surface area contributed by atoms with Gasteiger partial charge in [0.1, 0.15) is 0 Å². The normalized spacial score (nSPS) is 16.7. The first kappa shape index (κ1) is 16.7. The highest BCUT2D eigenvalue weighted by Gasteiger charge is 2.38. The molecule has 0 aromatic heterocycles. The summed E-state index contributed by atoms with van der Waals surface area (Å²) in [5.41, 5.74) is 5.23. The summed E-state index contributed by atoms with van der Waals surface area (Å²) in [6, 6.07) is 2.97. The summed E-state index contributed by atoms with van der Waals surface area (Å²) in [7, 11) is 0. The van der Waals surface area contributed by atoms with E-state index in [2.05, 4.69) is 10.9 Å². The summed E-state index contributed by atoms with van der Waals surface area (Å²) in [5.74, 6) is -2.89. The van der Waals surface area contributed by atoms with Gasteiger partial charge < -0.3 is 14.9 Å². The zero-order valence-electron chi connectivity index (χ0n) is 11.5. The van der Waals surface area contributed by atoms with Crippen molar-refractivity contribution in [3.05, 3.63) is 39.0 Å². The molecular formula is C13H11Cl3N2O4. The average Bonchev–Trinajstić information content (AvgIpc) is 2.33. The highest BCUT2D eigenvalue weighted by molar-refractivity contribution is 6.41. The summed E-state index contributed by atoms with van der Waals surface area (Å²) in [6.45, 7) is 2.91. The fourth-order valence-corrected chi connectivity index (χ4v) is 2.53. The fraction of sp³-hybridized carbons (Fsp3) is 0.231. The van der Waals surface area contributed by atoms with Gasteiger partial charge in [0, 0.05) is 25.1 Å². The van der Waals surface area contributed by atoms with Gasteiger partial charge in [0.05, 0.1) is 15.7 Å². The topological polar surface area (TPSA) is 76.7 Å². The second-order valence-corrected chi connectivity index (χ2v) is 6.00. The van der Waals surface area contributed by atoms with E-state index in [-0.39, 0.29) is 15.6 Å². The molecule has 0 bridgehead atoms. The molecule has 1 aromatic rings. The van der Waals surface area contributed by atoms with E-state index < -0.39 is 17.7 Å². The number of esters is 2. The quantitative estimate of drug-likeness (QED) is 0.370. The first-order valence-corrected chi connectivity index (χ1v) is 7.16. The van der Waals surface area contributed by atoms with E-state index in [4.69, 9.17) is 44.3 Å². The smallest absolute Gasteiger partial charge is 0.350 e. The second kappa shape index (κ2) is 6.24. The van der Waals surface area contributed by atoms with Crippen molar-refractivity contribution in [1.82, 2.24) is 5.43 Å². The number of carbonyl (C=O) groups is 2. The van der Waals surface area contributed by atoms with Crippen LogP contribution in [0.3, 0.4) is 0 Å². The van der Waals surface area contributed by atoms with E-state index >= 15 is 0 Å². The van der Waals surface area contributed by atoms with E-state index in [1.807, 2.05) is 0 Å². The number of halogens is 3. The standard InChI is InChI=1S/C13H11Cl3N2O4/c1-13(2)21-11(19)7(12(20)22-13)5-17-18-10-8(15)3-6(14)4-9(10)16/h3-5,17-18H,1-2H3. The SMILES string of the molecule is CC1(C)OC(=O)C(=CNNc2c(Cl)cc(Cl)cc2Cl)C(=O)O1. The molecule has 2 rings (SSSR count). The zero-order valence-corrected chi connectivity index (χ0v) is 13.8. The van der Waals surface area contributed by atoms with Crippen LogP contribution in [0.15, 0.2) is 23.9 Å². The lowest BCUT2D eigenvalue weighted by molar-refractivity contribution is -0.222. The zero-order chi connectivity index (χ0) is 16.5. The van der Waals surface area contributed by atoms with Crippen molar-refractivity contribution < 1.29 is 19.1 Å². The third kappa shape index (κ3) is 3.76. The van der Waals surface area contributed by atoms with Gasteiger partial charge in [0.25, 0.3) is 5.79 Å². The van der Waals surface area contributed by atoms with Gasteiger partial charge in [-0.1, -0.05) is 34.8 Å². The molecule has 1 aliphatic rings. The second-order valence-electron chi connectivity index (χ2n) is 4.75. The van der Waals surface area contributed by atoms with Crippen LogP contribution in [-0.4, -0.2) is 17.7 Å². The number of ether oxygens (including phenoxy) is 2. The van der Waals surface area contributed by atoms with Crippen molar-refractivity contribution in [3.63, 3.8) is 0 Å². The van der Waals surface area contributed by atoms with E-state index in [1.54, 1.807) is 0 Å². The molecule has 1 saturated heterocycles. The lowest BCUT2D eigenvalue weighted by atomic mass is 10.2. The Labute approximate surface area is 141 Å². The highest BCUT2D eigenvalue weighted by atomic mass is 35.5. The molecule has 0 saturated carbocycles. The Kier molecular flexibility index (Phi) is 4.75. The van der Waals surface area contributed by atoms with Crippen molar-refractivity contribution >= 4 is 52.4 Å². The average molecular weight is 366 g/mol. The maximum absolute atomic E-state index is 11.7. The number of nitrogens with one attached hydrogen (secondary N) is 2. The Balaban J connectivity index is 2.10. The molecule has 0 radical (unpaired) electrons. The molecule has 0 amide bonds. The van der Waals surface area contributed by atoms with Crippen LogP contribution >= 0.6 is 34.8 Å². The van der Waals surface area contributed by atoms with Crippen LogP contribution in [0.25, 0.3) is 0 Å². The predicted molar refractivity (Wildman–Crippen MR) is 82.6 cm³/mol. The Bertz CT molecular complexity index is 628. The summed E-state index contributed by atoms with van der Waals surface area (Å²) < 4.78 is 9.87. The molecule has 1 aromatic carbocycles. The molecule has 0 aliphatic carbocycles. The molecule has 2 N–H and O–H groups in total. The number of hydrogen-bond donors (Lipinski definition) is 2. The summed E-state index contributed by atoms with van der Waals surface area (Å²) in [4.78, 5) is 23.4. The van der Waals surface area contributed by atoms with Crippen molar-refractivity contribution in [2.45, 2.75) is 19.6 Å². The maximum atomic E-state index is 11.7. The number of carbonyl (C=O) groups excluding carboxylic acids is 2. The number of hydrogen-bond acceptors (Lipinski definition) is 6. The largest absolute Gasteiger partial charge is 0.419 e. The minimum absolute atomic E-state index is 0.262. The highest BCUT2D eigenvalue weighted by Crippen LogP contribution is 2.33. The molecule has 118 valence electrons. The van der Waals surface area contributed by atoms with Crippen LogP contribution in [-0.2, 0) is 19.1 Å². The van der Waals surface area contributed by atoms with E-state index in [9.17, 15) is 9.59 Å². The van der Waals surface area contributed by atoms with Gasteiger partial charge in [0.2, 0.25) is 0 Å². The third-order valence-corrected chi connectivity index (χ3v) is 3.35. The predicted octanol–water partition coefficient (Wildman–Crippen LogP) is 3.28. The molecule has 9 heteroatoms. The van der Waals surface area contributed by atoms with E-state index in [0.717, 1.165) is 6.20 Å². The first-order chi connectivity index (χ1) is 10.2. The Morgan fingerprint density at radius 2 is 1.55 bits per heavy atom. The van der Waals surface area contributed by atoms with E-state index in [1.165, 1.54) is 26.0 Å². The fourth-order valence-electron chi connectivity index (χ4n) is 1.62. The van der Waals surface area contributed by atoms with Crippen molar-refractivity contribution in [1.29, 1.82) is 0 Å². The van der Waals surface area contributed by atoms with Gasteiger partial charge in [-0.05, 0) is 12.1 Å². The van der Waals surface area contributed by atoms with Crippen molar-refractivity contribution in [3.8, 4) is 0 Å². The van der Waals surface area contributed by atoms with Crippen molar-refractivity contribution in [2.75, 3.05) is 5.43 Å². The minimum Gasteiger partial charge on any atom is -0.419 e. The Hall–Kier alpha value is -1.63. The van der Waals surface area contributed by atoms with Crippen LogP contribution in [0.1, 0.15) is 13.8 Å². The van der Waals surface area contributed by atoms with Gasteiger partial charge in [-0.3, -0.25) is 5.43 Å². The maximum Gasteiger partial charge on any atom is 0.350 e. The summed E-state index contributed by atoms with van der Waals surface area (Å²) in [6.07, 6.45) is 1.10. The van der Waals surface area contributed by atoms with Gasteiger partial charge >= 0.3 is 11.9 Å². The number of anilines is 1. The molecular weight excluding hydrogens is 355 g/mol. The van der Waals surface area contributed by atoms with Gasteiger partial charge in [-0.2, -0.15) is 0 Å². The van der Waals surface area contributed by atoms with Gasteiger partial charge in [-0.15, -0.1) is 0 Å². The third-order valence-electron chi connectivity index (χ3n) is 2.54. The van der Waals surface area contributed by atoms with Crippen LogP contribution < -0.4 is 10.9 Å². The molecule has 1 fully saturated rings. The van der Waals surface area contributed by atoms with Crippen LogP contribution in [0.5, 0.6) is 0 Å². The molecule has 1 heterocycles. The Morgan fingerprint density at radius 1 is 1.05 bits per heavy atom. The van der Waals surface area contributed by atoms with Crippen LogP contribution in [0.2, 0.25) is 15.1 Å². The van der Waals surface area contributed by atoms with Gasteiger partial charge in [-0.25, -0.2) is 9.59 Å². The molecule has 0 unspecified atom stereocenters. The van der Waals surface area contributed by atoms with Gasteiger partial charge in [0.15, 0.2) is 5.57 Å². The summed E-state index contributed by atoms with van der Waals surface area (Å²) >= 11 is 17.7. The van der Waals surface area contributed by atoms with Crippen molar-refractivity contribution in [2.24, 2.45) is 0 Å². The molecule has 0 spiro atoms. The molecule has 0 atom stereocenters.